The number of carbonyl (C=O) groups excluding carboxylic acids is 1. The van der Waals surface area contributed by atoms with E-state index in [0.29, 0.717) is 28.8 Å². The first kappa shape index (κ1) is 25.0. The lowest BCUT2D eigenvalue weighted by atomic mass is 10.0. The minimum atomic E-state index is -0.101. The molecule has 3 rings (SSSR count). The highest BCUT2D eigenvalue weighted by atomic mass is 35.5. The Hall–Kier alpha value is -3.64. The Morgan fingerprint density at radius 2 is 1.47 bits per heavy atom. The van der Waals surface area contributed by atoms with E-state index in [4.69, 9.17) is 30.5 Å². The second-order valence-electron chi connectivity index (χ2n) is 7.44. The number of rotatable bonds is 10. The fourth-order valence-electron chi connectivity index (χ4n) is 3.45. The maximum atomic E-state index is 12.7. The Morgan fingerprint density at radius 3 is 2.00 bits per heavy atom. The lowest BCUT2D eigenvalue weighted by Crippen LogP contribution is -2.26. The van der Waals surface area contributed by atoms with Crippen molar-refractivity contribution in [1.29, 1.82) is 0 Å². The van der Waals surface area contributed by atoms with Crippen LogP contribution in [-0.2, 0) is 11.2 Å². The molecule has 0 spiro atoms. The molecule has 0 aliphatic rings. The monoisotopic (exact) mass is 481 g/mol. The van der Waals surface area contributed by atoms with Crippen molar-refractivity contribution < 1.29 is 23.7 Å². The predicted molar refractivity (Wildman–Crippen MR) is 135 cm³/mol. The first-order valence-corrected chi connectivity index (χ1v) is 11.0. The lowest BCUT2D eigenvalue weighted by Gasteiger charge is -2.16. The van der Waals surface area contributed by atoms with Gasteiger partial charge in [0.2, 0.25) is 11.7 Å². The number of ether oxygens (including phenoxy) is 4. The van der Waals surface area contributed by atoms with Gasteiger partial charge in [0.1, 0.15) is 5.75 Å². The highest BCUT2D eigenvalue weighted by molar-refractivity contribution is 6.30. The first-order valence-electron chi connectivity index (χ1n) is 10.6. The van der Waals surface area contributed by atoms with Gasteiger partial charge in [-0.2, -0.15) is 0 Å². The third-order valence-electron chi connectivity index (χ3n) is 5.25. The highest BCUT2D eigenvalue weighted by Gasteiger charge is 2.16. The number of amides is 1. The SMILES string of the molecule is COc1ccc(/C=C(/CNC(=O)Cc2ccc(Cl)cc2)c2cc(OC)c(OC)c(OC)c2)cc1. The Labute approximate surface area is 205 Å². The van der Waals surface area contributed by atoms with E-state index in [1.807, 2.05) is 54.6 Å². The van der Waals surface area contributed by atoms with Crippen LogP contribution in [0.15, 0.2) is 60.7 Å². The zero-order valence-electron chi connectivity index (χ0n) is 19.7. The van der Waals surface area contributed by atoms with Gasteiger partial charge in [-0.15, -0.1) is 0 Å². The number of benzene rings is 3. The van der Waals surface area contributed by atoms with E-state index in [1.54, 1.807) is 40.6 Å². The van der Waals surface area contributed by atoms with Gasteiger partial charge in [-0.1, -0.05) is 35.9 Å². The fraction of sp³-hybridized carbons (Fsp3) is 0.222. The fourth-order valence-corrected chi connectivity index (χ4v) is 3.57. The average Bonchev–Trinajstić information content (AvgIpc) is 2.87. The van der Waals surface area contributed by atoms with Gasteiger partial charge in [0.15, 0.2) is 11.5 Å². The molecule has 6 nitrogen and oxygen atoms in total. The van der Waals surface area contributed by atoms with Crippen molar-refractivity contribution in [1.82, 2.24) is 5.32 Å². The van der Waals surface area contributed by atoms with Crippen molar-refractivity contribution >= 4 is 29.2 Å². The Balaban J connectivity index is 1.91. The average molecular weight is 482 g/mol. The summed E-state index contributed by atoms with van der Waals surface area (Å²) >= 11 is 5.94. The predicted octanol–water partition coefficient (Wildman–Crippen LogP) is 5.27. The molecule has 7 heteroatoms. The van der Waals surface area contributed by atoms with Crippen LogP contribution in [0.5, 0.6) is 23.0 Å². The van der Waals surface area contributed by atoms with Crippen molar-refractivity contribution in [2.45, 2.75) is 6.42 Å². The standard InChI is InChI=1S/C27H28ClNO5/c1-31-23-11-7-18(8-12-23)13-21(17-29-26(30)14-19-5-9-22(28)10-6-19)20-15-24(32-2)27(34-4)25(16-20)33-3/h5-13,15-16H,14,17H2,1-4H3,(H,29,30)/b21-13-. The summed E-state index contributed by atoms with van der Waals surface area (Å²) < 4.78 is 21.7. The third-order valence-corrected chi connectivity index (χ3v) is 5.50. The van der Waals surface area contributed by atoms with Gasteiger partial charge in [0.25, 0.3) is 0 Å². The summed E-state index contributed by atoms with van der Waals surface area (Å²) in [5, 5.41) is 3.65. The van der Waals surface area contributed by atoms with Gasteiger partial charge in [0, 0.05) is 11.6 Å². The van der Waals surface area contributed by atoms with E-state index in [9.17, 15) is 4.79 Å². The van der Waals surface area contributed by atoms with Crippen molar-refractivity contribution in [3.63, 3.8) is 0 Å². The molecule has 0 unspecified atom stereocenters. The molecule has 3 aromatic carbocycles. The quantitative estimate of drug-likeness (QED) is 0.399. The van der Waals surface area contributed by atoms with Crippen molar-refractivity contribution in [2.24, 2.45) is 0 Å². The summed E-state index contributed by atoms with van der Waals surface area (Å²) in [6.45, 7) is 0.303. The van der Waals surface area contributed by atoms with E-state index < -0.39 is 0 Å². The number of halogens is 1. The highest BCUT2D eigenvalue weighted by Crippen LogP contribution is 2.40. The third kappa shape index (κ3) is 6.45. The van der Waals surface area contributed by atoms with Crippen LogP contribution >= 0.6 is 11.6 Å². The molecule has 0 saturated carbocycles. The molecule has 0 heterocycles. The maximum Gasteiger partial charge on any atom is 0.224 e. The summed E-state index contributed by atoms with van der Waals surface area (Å²) in [5.74, 6) is 2.23. The van der Waals surface area contributed by atoms with Gasteiger partial charge < -0.3 is 24.3 Å². The lowest BCUT2D eigenvalue weighted by molar-refractivity contribution is -0.120. The zero-order chi connectivity index (χ0) is 24.5. The van der Waals surface area contributed by atoms with Crippen LogP contribution in [0.1, 0.15) is 16.7 Å². The molecule has 0 saturated heterocycles. The van der Waals surface area contributed by atoms with Crippen LogP contribution in [0.25, 0.3) is 11.6 Å². The van der Waals surface area contributed by atoms with Crippen LogP contribution in [0.2, 0.25) is 5.02 Å². The van der Waals surface area contributed by atoms with Crippen LogP contribution in [0.4, 0.5) is 0 Å². The minimum Gasteiger partial charge on any atom is -0.497 e. The molecule has 3 aromatic rings. The minimum absolute atomic E-state index is 0.101. The molecular formula is C27H28ClNO5. The van der Waals surface area contributed by atoms with Crippen LogP contribution < -0.4 is 24.3 Å². The second-order valence-corrected chi connectivity index (χ2v) is 7.87. The van der Waals surface area contributed by atoms with Gasteiger partial charge in [-0.05, 0) is 64.7 Å². The van der Waals surface area contributed by atoms with Gasteiger partial charge in [-0.25, -0.2) is 0 Å². The van der Waals surface area contributed by atoms with E-state index in [-0.39, 0.29) is 12.3 Å². The number of carbonyl (C=O) groups is 1. The normalized spacial score (nSPS) is 11.0. The van der Waals surface area contributed by atoms with E-state index >= 15 is 0 Å². The Bertz CT molecular complexity index is 1120. The van der Waals surface area contributed by atoms with Gasteiger partial charge >= 0.3 is 0 Å². The summed E-state index contributed by atoms with van der Waals surface area (Å²) in [7, 11) is 6.33. The van der Waals surface area contributed by atoms with Crippen molar-refractivity contribution in [3.05, 3.63) is 82.4 Å². The molecule has 0 atom stereocenters. The summed E-state index contributed by atoms with van der Waals surface area (Å²) in [4.78, 5) is 12.7. The topological polar surface area (TPSA) is 66.0 Å². The Morgan fingerprint density at radius 1 is 0.853 bits per heavy atom. The molecule has 0 radical (unpaired) electrons. The summed E-state index contributed by atoms with van der Waals surface area (Å²) in [6.07, 6.45) is 2.25. The van der Waals surface area contributed by atoms with Crippen LogP contribution in [0, 0.1) is 0 Å². The zero-order valence-corrected chi connectivity index (χ0v) is 20.4. The summed E-state index contributed by atoms with van der Waals surface area (Å²) in [5.41, 5.74) is 3.54. The molecule has 0 aromatic heterocycles. The second kappa shape index (κ2) is 12.0. The largest absolute Gasteiger partial charge is 0.497 e. The molecule has 0 fully saturated rings. The molecule has 34 heavy (non-hydrogen) atoms. The van der Waals surface area contributed by atoms with E-state index in [1.165, 1.54) is 0 Å². The van der Waals surface area contributed by atoms with Crippen molar-refractivity contribution in [2.75, 3.05) is 35.0 Å². The molecule has 1 N–H and O–H groups in total. The number of nitrogens with one attached hydrogen (secondary N) is 1. The van der Waals surface area contributed by atoms with E-state index in [0.717, 1.165) is 28.0 Å². The van der Waals surface area contributed by atoms with Gasteiger partial charge in [0.05, 0.1) is 34.9 Å². The molecule has 1 amide bonds. The smallest absolute Gasteiger partial charge is 0.224 e. The van der Waals surface area contributed by atoms with Gasteiger partial charge in [-0.3, -0.25) is 4.79 Å². The molecule has 0 aliphatic carbocycles. The molecule has 0 aliphatic heterocycles. The summed E-state index contributed by atoms with van der Waals surface area (Å²) in [6, 6.07) is 18.6. The maximum absolute atomic E-state index is 12.7. The molecule has 0 bridgehead atoms. The number of hydrogen-bond donors (Lipinski definition) is 1. The van der Waals surface area contributed by atoms with Crippen LogP contribution in [-0.4, -0.2) is 40.9 Å². The van der Waals surface area contributed by atoms with Crippen LogP contribution in [0.3, 0.4) is 0 Å². The molecule has 178 valence electrons. The first-order chi connectivity index (χ1) is 16.5. The molecular weight excluding hydrogens is 454 g/mol. The number of methoxy groups -OCH3 is 4. The number of hydrogen-bond acceptors (Lipinski definition) is 5. The van der Waals surface area contributed by atoms with Crippen molar-refractivity contribution in [3.8, 4) is 23.0 Å². The van der Waals surface area contributed by atoms with E-state index in [2.05, 4.69) is 5.32 Å². The Kier molecular flexibility index (Phi) is 8.82.